The average molecular weight is 524 g/mol. The fourth-order valence-electron chi connectivity index (χ4n) is 4.11. The highest BCUT2D eigenvalue weighted by Gasteiger charge is 2.33. The molecule has 0 fully saturated rings. The monoisotopic (exact) mass is 523 g/mol. The molecule has 2 amide bonds. The van der Waals surface area contributed by atoms with Gasteiger partial charge in [0.1, 0.15) is 18.3 Å². The fraction of sp³-hybridized carbons (Fsp3) is 0.286. The quantitative estimate of drug-likeness (QED) is 0.413. The molecule has 1 atom stereocenters. The molecule has 9 heteroatoms. The number of hydrogen-bond acceptors (Lipinski definition) is 5. The van der Waals surface area contributed by atoms with Crippen molar-refractivity contribution in [3.8, 4) is 5.75 Å². The lowest BCUT2D eigenvalue weighted by Crippen LogP contribution is -2.51. The van der Waals surface area contributed by atoms with E-state index in [9.17, 15) is 18.0 Å². The molecule has 0 aliphatic heterocycles. The molecule has 0 aliphatic rings. The van der Waals surface area contributed by atoms with E-state index in [0.29, 0.717) is 12.2 Å². The normalized spacial score (nSPS) is 11.9. The van der Waals surface area contributed by atoms with E-state index < -0.39 is 28.5 Å². The van der Waals surface area contributed by atoms with Gasteiger partial charge in [-0.2, -0.15) is 0 Å². The van der Waals surface area contributed by atoms with Crippen molar-refractivity contribution in [1.82, 2.24) is 10.2 Å². The number of nitrogens with zero attached hydrogens (tertiary/aromatic N) is 2. The van der Waals surface area contributed by atoms with Crippen LogP contribution >= 0.6 is 0 Å². The minimum atomic E-state index is -4.12. The largest absolute Gasteiger partial charge is 0.497 e. The zero-order valence-electron chi connectivity index (χ0n) is 21.5. The van der Waals surface area contributed by atoms with Crippen LogP contribution in [0.2, 0.25) is 0 Å². The first-order chi connectivity index (χ1) is 17.7. The maximum atomic E-state index is 13.9. The van der Waals surface area contributed by atoms with Crippen molar-refractivity contribution in [2.75, 3.05) is 25.0 Å². The summed E-state index contributed by atoms with van der Waals surface area (Å²) in [6, 6.07) is 21.4. The van der Waals surface area contributed by atoms with Crippen LogP contribution in [0, 0.1) is 6.92 Å². The minimum absolute atomic E-state index is 0.0502. The second-order valence-corrected chi connectivity index (χ2v) is 10.4. The Bertz CT molecular complexity index is 1330. The summed E-state index contributed by atoms with van der Waals surface area (Å²) in [7, 11) is -1.11. The molecular formula is C28H33N3O5S. The molecule has 0 aromatic heterocycles. The minimum Gasteiger partial charge on any atom is -0.497 e. The first-order valence-electron chi connectivity index (χ1n) is 12.0. The van der Waals surface area contributed by atoms with Crippen molar-refractivity contribution in [2.45, 2.75) is 37.8 Å². The van der Waals surface area contributed by atoms with Crippen molar-refractivity contribution in [2.24, 2.45) is 0 Å². The van der Waals surface area contributed by atoms with E-state index in [0.717, 1.165) is 15.4 Å². The Hall–Kier alpha value is -3.85. The van der Waals surface area contributed by atoms with E-state index in [2.05, 4.69) is 5.32 Å². The number of aryl methyl sites for hydroxylation is 1. The predicted octanol–water partition coefficient (Wildman–Crippen LogP) is 3.75. The second kappa shape index (κ2) is 12.4. The molecule has 1 N–H and O–H groups in total. The van der Waals surface area contributed by atoms with Gasteiger partial charge in [-0.15, -0.1) is 0 Å². The Kier molecular flexibility index (Phi) is 9.30. The molecule has 1 unspecified atom stereocenters. The lowest BCUT2D eigenvalue weighted by Gasteiger charge is -2.33. The van der Waals surface area contributed by atoms with Crippen LogP contribution < -0.4 is 14.4 Å². The van der Waals surface area contributed by atoms with Gasteiger partial charge >= 0.3 is 0 Å². The SMILES string of the molecule is CCC(C(=O)NC)N(Cc1cccc(C)c1)C(=O)CN(c1cccc(OC)c1)S(=O)(=O)c1ccccc1. The maximum Gasteiger partial charge on any atom is 0.264 e. The summed E-state index contributed by atoms with van der Waals surface area (Å²) in [5.41, 5.74) is 2.14. The van der Waals surface area contributed by atoms with Crippen LogP contribution in [0.1, 0.15) is 24.5 Å². The lowest BCUT2D eigenvalue weighted by molar-refractivity contribution is -0.140. The smallest absolute Gasteiger partial charge is 0.264 e. The van der Waals surface area contributed by atoms with Crippen molar-refractivity contribution >= 4 is 27.5 Å². The first kappa shape index (κ1) is 27.7. The predicted molar refractivity (Wildman–Crippen MR) is 144 cm³/mol. The number of carbonyl (C=O) groups is 2. The molecule has 0 spiro atoms. The van der Waals surface area contributed by atoms with E-state index >= 15 is 0 Å². The molecule has 0 heterocycles. The van der Waals surface area contributed by atoms with Crippen molar-refractivity contribution < 1.29 is 22.7 Å². The van der Waals surface area contributed by atoms with Gasteiger partial charge in [-0.25, -0.2) is 8.42 Å². The average Bonchev–Trinajstić information content (AvgIpc) is 2.91. The van der Waals surface area contributed by atoms with Gasteiger partial charge in [0, 0.05) is 19.7 Å². The molecule has 196 valence electrons. The van der Waals surface area contributed by atoms with Crippen LogP contribution in [0.5, 0.6) is 5.75 Å². The first-order valence-corrected chi connectivity index (χ1v) is 13.4. The van der Waals surface area contributed by atoms with Crippen LogP contribution in [0.15, 0.2) is 83.8 Å². The molecule has 0 aliphatic carbocycles. The molecular weight excluding hydrogens is 490 g/mol. The van der Waals surface area contributed by atoms with Crippen LogP contribution in [-0.4, -0.2) is 51.9 Å². The van der Waals surface area contributed by atoms with Crippen LogP contribution in [0.25, 0.3) is 0 Å². The lowest BCUT2D eigenvalue weighted by atomic mass is 10.1. The van der Waals surface area contributed by atoms with E-state index in [1.54, 1.807) is 42.5 Å². The van der Waals surface area contributed by atoms with Crippen molar-refractivity contribution in [3.63, 3.8) is 0 Å². The molecule has 3 aromatic rings. The van der Waals surface area contributed by atoms with Gasteiger partial charge < -0.3 is 15.0 Å². The van der Waals surface area contributed by atoms with Crippen LogP contribution in [-0.2, 0) is 26.2 Å². The number of anilines is 1. The third-order valence-electron chi connectivity index (χ3n) is 6.02. The zero-order chi connectivity index (χ0) is 27.0. The van der Waals surface area contributed by atoms with Crippen LogP contribution in [0.3, 0.4) is 0 Å². The van der Waals surface area contributed by atoms with Gasteiger partial charge in [0.25, 0.3) is 10.0 Å². The molecule has 37 heavy (non-hydrogen) atoms. The molecule has 0 radical (unpaired) electrons. The Morgan fingerprint density at radius 2 is 1.68 bits per heavy atom. The maximum absolute atomic E-state index is 13.9. The Labute approximate surface area is 218 Å². The summed E-state index contributed by atoms with van der Waals surface area (Å²) >= 11 is 0. The molecule has 0 bridgehead atoms. The van der Waals surface area contributed by atoms with Gasteiger partial charge in [-0.3, -0.25) is 13.9 Å². The van der Waals surface area contributed by atoms with Crippen LogP contribution in [0.4, 0.5) is 5.69 Å². The summed E-state index contributed by atoms with van der Waals surface area (Å²) in [6.45, 7) is 3.42. The van der Waals surface area contributed by atoms with E-state index in [1.165, 1.54) is 31.2 Å². The Morgan fingerprint density at radius 3 is 2.30 bits per heavy atom. The van der Waals surface area contributed by atoms with Crippen molar-refractivity contribution in [3.05, 3.63) is 90.0 Å². The number of benzene rings is 3. The number of sulfonamides is 1. The fourth-order valence-corrected chi connectivity index (χ4v) is 5.53. The number of ether oxygens (including phenoxy) is 1. The standard InChI is InChI=1S/C28H33N3O5S/c1-5-26(28(33)29-3)30(19-22-12-9-11-21(2)17-22)27(32)20-31(23-13-10-14-24(18-23)36-4)37(34,35)25-15-7-6-8-16-25/h6-18,26H,5,19-20H2,1-4H3,(H,29,33). The molecule has 0 saturated heterocycles. The van der Waals surface area contributed by atoms with E-state index in [-0.39, 0.29) is 23.0 Å². The van der Waals surface area contributed by atoms with Crippen molar-refractivity contribution in [1.29, 1.82) is 0 Å². The molecule has 3 rings (SSSR count). The topological polar surface area (TPSA) is 96.0 Å². The number of hydrogen-bond donors (Lipinski definition) is 1. The number of nitrogens with one attached hydrogen (secondary N) is 1. The molecule has 0 saturated carbocycles. The third-order valence-corrected chi connectivity index (χ3v) is 7.81. The van der Waals surface area contributed by atoms with E-state index in [1.807, 2.05) is 38.1 Å². The van der Waals surface area contributed by atoms with Gasteiger partial charge in [0.2, 0.25) is 11.8 Å². The summed E-state index contributed by atoms with van der Waals surface area (Å²) in [4.78, 5) is 28.1. The zero-order valence-corrected chi connectivity index (χ0v) is 22.4. The number of methoxy groups -OCH3 is 1. The third kappa shape index (κ3) is 6.68. The van der Waals surface area contributed by atoms with E-state index in [4.69, 9.17) is 4.74 Å². The number of likely N-dealkylation sites (N-methyl/N-ethyl adjacent to an activating group) is 1. The highest BCUT2D eigenvalue weighted by atomic mass is 32.2. The molecule has 8 nitrogen and oxygen atoms in total. The number of amides is 2. The van der Waals surface area contributed by atoms with Gasteiger partial charge in [-0.1, -0.05) is 61.0 Å². The van der Waals surface area contributed by atoms with Gasteiger partial charge in [0.05, 0.1) is 17.7 Å². The number of rotatable bonds is 11. The highest BCUT2D eigenvalue weighted by molar-refractivity contribution is 7.92. The molecule has 3 aromatic carbocycles. The summed E-state index contributed by atoms with van der Waals surface area (Å²) in [5.74, 6) is -0.367. The summed E-state index contributed by atoms with van der Waals surface area (Å²) < 4.78 is 33.9. The summed E-state index contributed by atoms with van der Waals surface area (Å²) in [6.07, 6.45) is 0.363. The van der Waals surface area contributed by atoms with Gasteiger partial charge in [0.15, 0.2) is 0 Å². The highest BCUT2D eigenvalue weighted by Crippen LogP contribution is 2.27. The number of carbonyl (C=O) groups excluding carboxylic acids is 2. The Morgan fingerprint density at radius 1 is 0.973 bits per heavy atom. The Balaban J connectivity index is 2.07. The van der Waals surface area contributed by atoms with Gasteiger partial charge in [-0.05, 0) is 43.2 Å². The second-order valence-electron chi connectivity index (χ2n) is 8.58. The summed E-state index contributed by atoms with van der Waals surface area (Å²) in [5, 5.41) is 2.62.